The van der Waals surface area contributed by atoms with E-state index in [-0.39, 0.29) is 0 Å². The highest BCUT2D eigenvalue weighted by Crippen LogP contribution is 2.42. The molecule has 76 valence electrons. The number of carbonyl (C=O) groups excluding carboxylic acids is 1. The third-order valence-electron chi connectivity index (χ3n) is 2.96. The summed E-state index contributed by atoms with van der Waals surface area (Å²) >= 11 is 0. The molecule has 1 aromatic rings. The fourth-order valence-corrected chi connectivity index (χ4v) is 1.78. The smallest absolute Gasteiger partial charge is 0.153 e. The van der Waals surface area contributed by atoms with E-state index < -0.39 is 0 Å². The van der Waals surface area contributed by atoms with Gasteiger partial charge in [-0.25, -0.2) is 0 Å². The van der Waals surface area contributed by atoms with E-state index in [9.17, 15) is 4.79 Å². The van der Waals surface area contributed by atoms with Gasteiger partial charge >= 0.3 is 0 Å². The first-order chi connectivity index (χ1) is 6.77. The zero-order valence-electron chi connectivity index (χ0n) is 8.73. The van der Waals surface area contributed by atoms with E-state index in [1.807, 2.05) is 4.68 Å². The molecule has 0 amide bonds. The molecule has 1 aromatic heterocycles. The van der Waals surface area contributed by atoms with Gasteiger partial charge in [-0.05, 0) is 26.2 Å². The molecule has 3 heteroatoms. The van der Waals surface area contributed by atoms with Crippen LogP contribution in [0.15, 0.2) is 6.20 Å². The Morgan fingerprint density at radius 1 is 1.71 bits per heavy atom. The summed E-state index contributed by atoms with van der Waals surface area (Å²) in [5.74, 6) is 0.590. The number of aromatic nitrogens is 2. The van der Waals surface area contributed by atoms with Crippen LogP contribution in [-0.2, 0) is 0 Å². The summed E-state index contributed by atoms with van der Waals surface area (Å²) < 4.78 is 2.03. The summed E-state index contributed by atoms with van der Waals surface area (Å²) in [6, 6.07) is 0.402. The van der Waals surface area contributed by atoms with Gasteiger partial charge in [0, 0.05) is 12.0 Å². The van der Waals surface area contributed by atoms with Crippen LogP contribution in [0, 0.1) is 0 Å². The van der Waals surface area contributed by atoms with Crippen molar-refractivity contribution in [3.8, 4) is 0 Å². The van der Waals surface area contributed by atoms with Crippen molar-refractivity contribution in [1.29, 1.82) is 0 Å². The highest BCUT2D eigenvalue weighted by Gasteiger charge is 2.30. The molecule has 0 aromatic carbocycles. The van der Waals surface area contributed by atoms with E-state index >= 15 is 0 Å². The fraction of sp³-hybridized carbons (Fsp3) is 0.636. The van der Waals surface area contributed by atoms with Crippen LogP contribution in [0.5, 0.6) is 0 Å². The minimum Gasteiger partial charge on any atom is -0.298 e. The normalized spacial score (nSPS) is 18.1. The lowest BCUT2D eigenvalue weighted by molar-refractivity contribution is 0.112. The summed E-state index contributed by atoms with van der Waals surface area (Å²) in [7, 11) is 0. The Morgan fingerprint density at radius 3 is 2.93 bits per heavy atom. The number of carbonyl (C=O) groups is 1. The molecule has 1 unspecified atom stereocenters. The van der Waals surface area contributed by atoms with E-state index in [1.54, 1.807) is 6.20 Å². The van der Waals surface area contributed by atoms with Crippen LogP contribution in [0.2, 0.25) is 0 Å². The van der Waals surface area contributed by atoms with Gasteiger partial charge in [-0.3, -0.25) is 9.48 Å². The largest absolute Gasteiger partial charge is 0.298 e. The molecule has 0 aliphatic heterocycles. The lowest BCUT2D eigenvalue weighted by Gasteiger charge is -2.13. The van der Waals surface area contributed by atoms with Crippen molar-refractivity contribution in [1.82, 2.24) is 9.78 Å². The molecule has 1 saturated carbocycles. The van der Waals surface area contributed by atoms with Gasteiger partial charge in [0.25, 0.3) is 0 Å². The van der Waals surface area contributed by atoms with Gasteiger partial charge in [0.2, 0.25) is 0 Å². The molecule has 0 N–H and O–H groups in total. The maximum absolute atomic E-state index is 10.8. The molecule has 1 heterocycles. The van der Waals surface area contributed by atoms with Crippen LogP contribution in [0.3, 0.4) is 0 Å². The monoisotopic (exact) mass is 192 g/mol. The second-order valence-electron chi connectivity index (χ2n) is 4.08. The Morgan fingerprint density at radius 2 is 2.43 bits per heavy atom. The molecular formula is C11H16N2O. The predicted molar refractivity (Wildman–Crippen MR) is 54.6 cm³/mol. The van der Waals surface area contributed by atoms with Crippen molar-refractivity contribution in [2.75, 3.05) is 0 Å². The number of aldehydes is 1. The molecule has 1 fully saturated rings. The average molecular weight is 192 g/mol. The predicted octanol–water partition coefficient (Wildman–Crippen LogP) is 2.54. The van der Waals surface area contributed by atoms with Crippen molar-refractivity contribution >= 4 is 6.29 Å². The minimum atomic E-state index is 0.402. The highest BCUT2D eigenvalue weighted by molar-refractivity contribution is 5.76. The minimum absolute atomic E-state index is 0.402. The Labute approximate surface area is 84.1 Å². The fourth-order valence-electron chi connectivity index (χ4n) is 1.78. The maximum atomic E-state index is 10.8. The quantitative estimate of drug-likeness (QED) is 0.687. The SMILES string of the molecule is CCC(C)n1ncc(C=O)c1C1CC1. The van der Waals surface area contributed by atoms with Crippen molar-refractivity contribution in [2.45, 2.75) is 45.1 Å². The van der Waals surface area contributed by atoms with Gasteiger partial charge in [-0.1, -0.05) is 6.92 Å². The first kappa shape index (κ1) is 9.44. The average Bonchev–Trinajstić information content (AvgIpc) is 2.96. The van der Waals surface area contributed by atoms with Gasteiger partial charge in [0.15, 0.2) is 6.29 Å². The van der Waals surface area contributed by atoms with Gasteiger partial charge in [-0.15, -0.1) is 0 Å². The lowest BCUT2D eigenvalue weighted by Crippen LogP contribution is -2.09. The van der Waals surface area contributed by atoms with Crippen LogP contribution in [0.1, 0.15) is 61.1 Å². The Bertz CT molecular complexity index is 339. The maximum Gasteiger partial charge on any atom is 0.153 e. The van der Waals surface area contributed by atoms with Crippen LogP contribution in [0.25, 0.3) is 0 Å². The molecule has 1 atom stereocenters. The third kappa shape index (κ3) is 1.47. The van der Waals surface area contributed by atoms with Gasteiger partial charge in [-0.2, -0.15) is 5.10 Å². The Balaban J connectivity index is 2.38. The summed E-state index contributed by atoms with van der Waals surface area (Å²) in [4.78, 5) is 10.8. The number of hydrogen-bond acceptors (Lipinski definition) is 2. The number of nitrogens with zero attached hydrogens (tertiary/aromatic N) is 2. The van der Waals surface area contributed by atoms with Gasteiger partial charge in [0.05, 0.1) is 17.5 Å². The van der Waals surface area contributed by atoms with Crippen LogP contribution < -0.4 is 0 Å². The topological polar surface area (TPSA) is 34.9 Å². The van der Waals surface area contributed by atoms with Crippen LogP contribution in [-0.4, -0.2) is 16.1 Å². The van der Waals surface area contributed by atoms with Crippen molar-refractivity contribution in [2.24, 2.45) is 0 Å². The second-order valence-corrected chi connectivity index (χ2v) is 4.08. The molecule has 0 saturated heterocycles. The van der Waals surface area contributed by atoms with Crippen molar-refractivity contribution in [3.63, 3.8) is 0 Å². The molecule has 2 rings (SSSR count). The van der Waals surface area contributed by atoms with E-state index in [2.05, 4.69) is 18.9 Å². The lowest BCUT2D eigenvalue weighted by atomic mass is 10.1. The zero-order valence-corrected chi connectivity index (χ0v) is 8.73. The molecular weight excluding hydrogens is 176 g/mol. The summed E-state index contributed by atoms with van der Waals surface area (Å²) in [5.41, 5.74) is 1.95. The molecule has 0 radical (unpaired) electrons. The summed E-state index contributed by atoms with van der Waals surface area (Å²) in [6.45, 7) is 4.29. The summed E-state index contributed by atoms with van der Waals surface area (Å²) in [6.07, 6.45) is 6.11. The van der Waals surface area contributed by atoms with Gasteiger partial charge in [0.1, 0.15) is 0 Å². The standard InChI is InChI=1S/C11H16N2O/c1-3-8(2)13-11(9-4-5-9)10(7-14)6-12-13/h6-9H,3-5H2,1-2H3. The van der Waals surface area contributed by atoms with E-state index in [1.165, 1.54) is 12.8 Å². The molecule has 1 aliphatic rings. The molecule has 0 spiro atoms. The van der Waals surface area contributed by atoms with Crippen molar-refractivity contribution < 1.29 is 4.79 Å². The third-order valence-corrected chi connectivity index (χ3v) is 2.96. The van der Waals surface area contributed by atoms with E-state index in [0.717, 1.165) is 24.0 Å². The Kier molecular flexibility index (Phi) is 2.40. The van der Waals surface area contributed by atoms with E-state index in [4.69, 9.17) is 0 Å². The first-order valence-electron chi connectivity index (χ1n) is 5.30. The van der Waals surface area contributed by atoms with E-state index in [0.29, 0.717) is 12.0 Å². The van der Waals surface area contributed by atoms with Crippen molar-refractivity contribution in [3.05, 3.63) is 17.5 Å². The molecule has 3 nitrogen and oxygen atoms in total. The highest BCUT2D eigenvalue weighted by atomic mass is 16.1. The van der Waals surface area contributed by atoms with Crippen LogP contribution >= 0.6 is 0 Å². The molecule has 1 aliphatic carbocycles. The Hall–Kier alpha value is -1.12. The number of hydrogen-bond donors (Lipinski definition) is 0. The molecule has 14 heavy (non-hydrogen) atoms. The van der Waals surface area contributed by atoms with Crippen LogP contribution in [0.4, 0.5) is 0 Å². The molecule has 0 bridgehead atoms. The number of rotatable bonds is 4. The zero-order chi connectivity index (χ0) is 10.1. The second kappa shape index (κ2) is 3.56. The summed E-state index contributed by atoms with van der Waals surface area (Å²) in [5, 5.41) is 4.30. The first-order valence-corrected chi connectivity index (χ1v) is 5.30. The van der Waals surface area contributed by atoms with Gasteiger partial charge < -0.3 is 0 Å².